The van der Waals surface area contributed by atoms with Gasteiger partial charge >= 0.3 is 0 Å². The minimum absolute atomic E-state index is 0.115. The summed E-state index contributed by atoms with van der Waals surface area (Å²) in [6, 6.07) is 9.53. The van der Waals surface area contributed by atoms with Crippen LogP contribution < -0.4 is 10.1 Å². The number of hydrogen-bond acceptors (Lipinski definition) is 5. The average Bonchev–Trinajstić information content (AvgIpc) is 3.31. The molecule has 2 aromatic heterocycles. The number of nitrogens with zero attached hydrogens (tertiary/aromatic N) is 4. The zero-order valence-electron chi connectivity index (χ0n) is 16.8. The summed E-state index contributed by atoms with van der Waals surface area (Å²) in [5.74, 6) is 0.822. The van der Waals surface area contributed by atoms with Crippen molar-refractivity contribution >= 4 is 34.1 Å². The van der Waals surface area contributed by atoms with Crippen LogP contribution in [0.4, 0.5) is 0 Å². The number of nitrogens with one attached hydrogen (secondary N) is 1. The molecule has 0 amide bonds. The zero-order valence-corrected chi connectivity index (χ0v) is 18.3. The molecular weight excluding hydrogens is 433 g/mol. The number of hydrogen-bond donors (Lipinski definition) is 1. The zero-order chi connectivity index (χ0) is 21.1. The quantitative estimate of drug-likeness (QED) is 0.480. The van der Waals surface area contributed by atoms with Crippen LogP contribution in [0, 0.1) is 0 Å². The molecule has 0 saturated carbocycles. The summed E-state index contributed by atoms with van der Waals surface area (Å²) in [7, 11) is 2.00. The van der Waals surface area contributed by atoms with Crippen LogP contribution in [0.25, 0.3) is 22.2 Å². The second kappa shape index (κ2) is 7.19. The van der Waals surface area contributed by atoms with Crippen LogP contribution in [0.1, 0.15) is 28.6 Å². The Morgan fingerprint density at radius 1 is 1.13 bits per heavy atom. The molecule has 6 nitrogen and oxygen atoms in total. The molecule has 31 heavy (non-hydrogen) atoms. The first-order chi connectivity index (χ1) is 15.1. The molecule has 4 aromatic rings. The van der Waals surface area contributed by atoms with Gasteiger partial charge in [0, 0.05) is 65.1 Å². The number of aryl methyl sites for hydroxylation is 1. The van der Waals surface area contributed by atoms with Gasteiger partial charge in [-0.25, -0.2) is 9.97 Å². The Morgan fingerprint density at radius 2 is 2.03 bits per heavy atom. The summed E-state index contributed by atoms with van der Waals surface area (Å²) in [5.41, 5.74) is 7.05. The predicted molar refractivity (Wildman–Crippen MR) is 121 cm³/mol. The fourth-order valence-electron chi connectivity index (χ4n) is 4.75. The van der Waals surface area contributed by atoms with Crippen LogP contribution in [0.3, 0.4) is 0 Å². The molecule has 0 aliphatic carbocycles. The van der Waals surface area contributed by atoms with Crippen molar-refractivity contribution in [3.8, 4) is 17.0 Å². The van der Waals surface area contributed by atoms with Crippen molar-refractivity contribution in [3.63, 3.8) is 0 Å². The lowest BCUT2D eigenvalue weighted by atomic mass is 9.99. The number of ether oxygens (including phenoxy) is 1. The fraction of sp³-hybridized carbons (Fsp3) is 0.261. The maximum atomic E-state index is 6.58. The van der Waals surface area contributed by atoms with E-state index in [9.17, 15) is 0 Å². The van der Waals surface area contributed by atoms with Crippen molar-refractivity contribution in [2.45, 2.75) is 25.5 Å². The Labute approximate surface area is 189 Å². The molecule has 0 bridgehead atoms. The van der Waals surface area contributed by atoms with Gasteiger partial charge in [-0.1, -0.05) is 23.2 Å². The van der Waals surface area contributed by atoms with Crippen LogP contribution in [-0.4, -0.2) is 26.3 Å². The smallest absolute Gasteiger partial charge is 0.145 e. The minimum atomic E-state index is -0.115. The summed E-state index contributed by atoms with van der Waals surface area (Å²) in [6.45, 7) is 1.78. The van der Waals surface area contributed by atoms with Gasteiger partial charge in [0.15, 0.2) is 0 Å². The second-order valence-electron chi connectivity index (χ2n) is 8.00. The third kappa shape index (κ3) is 3.09. The molecule has 4 heterocycles. The first kappa shape index (κ1) is 19.0. The Kier molecular flexibility index (Phi) is 4.42. The van der Waals surface area contributed by atoms with Gasteiger partial charge in [-0.05, 0) is 30.3 Å². The lowest BCUT2D eigenvalue weighted by molar-refractivity contribution is 0.226. The van der Waals surface area contributed by atoms with Crippen molar-refractivity contribution in [1.29, 1.82) is 0 Å². The van der Waals surface area contributed by atoms with Crippen molar-refractivity contribution in [2.75, 3.05) is 6.54 Å². The van der Waals surface area contributed by atoms with Crippen molar-refractivity contribution in [2.24, 2.45) is 7.05 Å². The third-order valence-electron chi connectivity index (χ3n) is 6.07. The molecule has 6 rings (SSSR count). The Hall–Kier alpha value is -2.67. The van der Waals surface area contributed by atoms with E-state index in [4.69, 9.17) is 33.0 Å². The fourth-order valence-corrected chi connectivity index (χ4v) is 5.16. The Balaban J connectivity index is 1.48. The minimum Gasteiger partial charge on any atom is -0.483 e. The SMILES string of the molecule is Cn1nc2c(c1C1Cc3cc(Cl)cc(-c4ncnc5cc(Cl)ccc45)c3O1)CNCC2. The maximum Gasteiger partial charge on any atom is 0.145 e. The van der Waals surface area contributed by atoms with Crippen molar-refractivity contribution in [1.82, 2.24) is 25.1 Å². The largest absolute Gasteiger partial charge is 0.483 e. The van der Waals surface area contributed by atoms with Crippen molar-refractivity contribution in [3.05, 3.63) is 69.2 Å². The number of fused-ring (bicyclic) bond motifs is 3. The van der Waals surface area contributed by atoms with Crippen molar-refractivity contribution < 1.29 is 4.74 Å². The van der Waals surface area contributed by atoms with E-state index in [1.807, 2.05) is 42.1 Å². The van der Waals surface area contributed by atoms with E-state index in [-0.39, 0.29) is 6.10 Å². The van der Waals surface area contributed by atoms with E-state index in [0.717, 1.165) is 70.8 Å². The van der Waals surface area contributed by atoms with Gasteiger partial charge in [0.2, 0.25) is 0 Å². The lowest BCUT2D eigenvalue weighted by Gasteiger charge is -2.17. The third-order valence-corrected chi connectivity index (χ3v) is 6.53. The Bertz CT molecular complexity index is 1350. The molecule has 0 radical (unpaired) electrons. The molecule has 156 valence electrons. The monoisotopic (exact) mass is 451 g/mol. The summed E-state index contributed by atoms with van der Waals surface area (Å²) in [5, 5.41) is 10.4. The topological polar surface area (TPSA) is 64.9 Å². The Morgan fingerprint density at radius 3 is 2.94 bits per heavy atom. The van der Waals surface area contributed by atoms with E-state index in [2.05, 4.69) is 15.3 Å². The molecule has 0 fully saturated rings. The van der Waals surface area contributed by atoms with Gasteiger partial charge in [0.25, 0.3) is 0 Å². The van der Waals surface area contributed by atoms with Gasteiger partial charge in [-0.2, -0.15) is 5.10 Å². The van der Waals surface area contributed by atoms with E-state index in [1.165, 1.54) is 5.56 Å². The van der Waals surface area contributed by atoms with Gasteiger partial charge in [-0.3, -0.25) is 4.68 Å². The molecule has 1 unspecified atom stereocenters. The highest BCUT2D eigenvalue weighted by Gasteiger charge is 2.34. The average molecular weight is 452 g/mol. The standard InChI is InChI=1S/C23H19Cl2N5O/c1-30-22(17-10-26-5-4-18(17)29-30)20-7-12-6-14(25)8-16(23(12)31-20)21-15-3-2-13(24)9-19(15)27-11-28-21/h2-3,6,8-9,11,20,26H,4-5,7,10H2,1H3. The molecule has 0 saturated heterocycles. The van der Waals surface area contributed by atoms with Gasteiger partial charge < -0.3 is 10.1 Å². The first-order valence-electron chi connectivity index (χ1n) is 10.2. The summed E-state index contributed by atoms with van der Waals surface area (Å²) in [6.07, 6.45) is 3.12. The van der Waals surface area contributed by atoms with Crippen LogP contribution in [-0.2, 0) is 26.4 Å². The second-order valence-corrected chi connectivity index (χ2v) is 8.87. The molecule has 8 heteroatoms. The van der Waals surface area contributed by atoms with E-state index in [0.29, 0.717) is 10.0 Å². The molecule has 2 aliphatic heterocycles. The first-order valence-corrected chi connectivity index (χ1v) is 11.0. The number of rotatable bonds is 2. The highest BCUT2D eigenvalue weighted by atomic mass is 35.5. The molecule has 0 spiro atoms. The van der Waals surface area contributed by atoms with Gasteiger partial charge in [0.05, 0.1) is 22.6 Å². The van der Waals surface area contributed by atoms with Crippen LogP contribution >= 0.6 is 23.2 Å². The summed E-state index contributed by atoms with van der Waals surface area (Å²) in [4.78, 5) is 8.95. The van der Waals surface area contributed by atoms with Gasteiger partial charge in [0.1, 0.15) is 18.2 Å². The predicted octanol–water partition coefficient (Wildman–Crippen LogP) is 4.66. The van der Waals surface area contributed by atoms with Crippen LogP contribution in [0.5, 0.6) is 5.75 Å². The number of aromatic nitrogens is 4. The van der Waals surface area contributed by atoms with E-state index < -0.39 is 0 Å². The highest BCUT2D eigenvalue weighted by molar-refractivity contribution is 6.31. The summed E-state index contributed by atoms with van der Waals surface area (Å²) < 4.78 is 8.55. The molecule has 2 aromatic carbocycles. The molecular formula is C23H19Cl2N5O. The van der Waals surface area contributed by atoms with Crippen LogP contribution in [0.2, 0.25) is 10.0 Å². The maximum absolute atomic E-state index is 6.58. The number of halogens is 2. The van der Waals surface area contributed by atoms with E-state index >= 15 is 0 Å². The molecule has 1 N–H and O–H groups in total. The normalized spacial score (nSPS) is 17.5. The van der Waals surface area contributed by atoms with Gasteiger partial charge in [-0.15, -0.1) is 0 Å². The van der Waals surface area contributed by atoms with E-state index in [1.54, 1.807) is 6.33 Å². The lowest BCUT2D eigenvalue weighted by Crippen LogP contribution is -2.24. The highest BCUT2D eigenvalue weighted by Crippen LogP contribution is 2.46. The molecule has 1 atom stereocenters. The molecule has 2 aliphatic rings. The number of benzene rings is 2. The van der Waals surface area contributed by atoms with Crippen LogP contribution in [0.15, 0.2) is 36.7 Å². The summed E-state index contributed by atoms with van der Waals surface area (Å²) >= 11 is 12.7.